The topological polar surface area (TPSA) is 86.0 Å². The van der Waals surface area contributed by atoms with Gasteiger partial charge in [-0.2, -0.15) is 4.98 Å². The number of ether oxygens (including phenoxy) is 1. The summed E-state index contributed by atoms with van der Waals surface area (Å²) in [6, 6.07) is 5.84. The van der Waals surface area contributed by atoms with Crippen molar-refractivity contribution in [1.82, 2.24) is 25.0 Å². The van der Waals surface area contributed by atoms with E-state index in [0.29, 0.717) is 17.1 Å². The van der Waals surface area contributed by atoms with E-state index < -0.39 is 6.43 Å². The van der Waals surface area contributed by atoms with Crippen LogP contribution in [-0.2, 0) is 13.2 Å². The fourth-order valence-electron chi connectivity index (χ4n) is 2.00. The molecular weight excluding hydrogens is 356 g/mol. The third kappa shape index (κ3) is 4.06. The molecule has 7 nitrogen and oxygen atoms in total. The molecule has 2 aromatic heterocycles. The van der Waals surface area contributed by atoms with Gasteiger partial charge in [-0.05, 0) is 24.3 Å². The number of hydrogen-bond donors (Lipinski definition) is 1. The van der Waals surface area contributed by atoms with E-state index in [4.69, 9.17) is 21.4 Å². The number of hydrogen-bond acceptors (Lipinski definition) is 6. The van der Waals surface area contributed by atoms with Crippen LogP contribution >= 0.6 is 11.6 Å². The Balaban J connectivity index is 1.73. The van der Waals surface area contributed by atoms with E-state index in [0.717, 1.165) is 0 Å². The van der Waals surface area contributed by atoms with Crippen molar-refractivity contribution in [1.29, 1.82) is 0 Å². The molecule has 0 fully saturated rings. The Kier molecular flexibility index (Phi) is 5.15. The number of benzene rings is 1. The molecule has 0 bridgehead atoms. The average Bonchev–Trinajstić information content (AvgIpc) is 3.09. The highest BCUT2D eigenvalue weighted by Crippen LogP contribution is 2.28. The maximum absolute atomic E-state index is 12.9. The van der Waals surface area contributed by atoms with E-state index in [-0.39, 0.29) is 29.8 Å². The van der Waals surface area contributed by atoms with Crippen LogP contribution in [0.4, 0.5) is 8.78 Å². The Bertz CT molecular complexity index is 875. The lowest BCUT2D eigenvalue weighted by molar-refractivity contribution is 0.151. The van der Waals surface area contributed by atoms with Crippen molar-refractivity contribution in [3.05, 3.63) is 58.6 Å². The van der Waals surface area contributed by atoms with Crippen molar-refractivity contribution in [3.63, 3.8) is 0 Å². The van der Waals surface area contributed by atoms with Gasteiger partial charge in [-0.3, -0.25) is 0 Å². The van der Waals surface area contributed by atoms with Gasteiger partial charge < -0.3 is 9.84 Å². The zero-order valence-electron chi connectivity index (χ0n) is 12.7. The molecule has 0 radical (unpaired) electrons. The van der Waals surface area contributed by atoms with Crippen molar-refractivity contribution in [2.24, 2.45) is 0 Å². The molecule has 3 aromatic rings. The van der Waals surface area contributed by atoms with E-state index >= 15 is 0 Å². The van der Waals surface area contributed by atoms with Crippen LogP contribution in [0, 0.1) is 0 Å². The van der Waals surface area contributed by atoms with Gasteiger partial charge in [0.1, 0.15) is 12.3 Å². The number of alkyl halides is 2. The van der Waals surface area contributed by atoms with E-state index in [1.54, 1.807) is 12.1 Å². The molecule has 0 aliphatic rings. The van der Waals surface area contributed by atoms with Crippen LogP contribution in [0.3, 0.4) is 0 Å². The second-order valence-electron chi connectivity index (χ2n) is 4.94. The Hall–Kier alpha value is -2.65. The van der Waals surface area contributed by atoms with E-state index in [1.165, 1.54) is 29.2 Å². The molecular formula is C15H12ClF2N5O2. The lowest BCUT2D eigenvalue weighted by Crippen LogP contribution is -2.01. The van der Waals surface area contributed by atoms with Crippen LogP contribution in [0.5, 0.6) is 6.01 Å². The molecule has 0 aliphatic heterocycles. The summed E-state index contributed by atoms with van der Waals surface area (Å²) < 4.78 is 32.5. The quantitative estimate of drug-likeness (QED) is 0.721. The average molecular weight is 368 g/mol. The maximum Gasteiger partial charge on any atom is 0.317 e. The molecule has 1 N–H and O–H groups in total. The fraction of sp³-hybridized carbons (Fsp3) is 0.200. The summed E-state index contributed by atoms with van der Waals surface area (Å²) in [5.74, 6) is 0. The number of aromatic nitrogens is 5. The minimum absolute atomic E-state index is 0.0108. The molecule has 1 aromatic carbocycles. The molecule has 0 atom stereocenters. The van der Waals surface area contributed by atoms with E-state index in [2.05, 4.69) is 20.3 Å². The third-order valence-corrected chi connectivity index (χ3v) is 3.57. The number of rotatable bonds is 6. The molecule has 0 unspecified atom stereocenters. The summed E-state index contributed by atoms with van der Waals surface area (Å²) in [6.45, 7) is -0.192. The van der Waals surface area contributed by atoms with Gasteiger partial charge in [0.25, 0.3) is 6.43 Å². The van der Waals surface area contributed by atoms with Gasteiger partial charge >= 0.3 is 6.01 Å². The van der Waals surface area contributed by atoms with Gasteiger partial charge in [-0.1, -0.05) is 16.8 Å². The molecule has 2 heterocycles. The third-order valence-electron chi connectivity index (χ3n) is 3.22. The molecule has 10 heteroatoms. The predicted molar refractivity (Wildman–Crippen MR) is 83.6 cm³/mol. The smallest absolute Gasteiger partial charge is 0.317 e. The van der Waals surface area contributed by atoms with E-state index in [1.807, 2.05) is 0 Å². The van der Waals surface area contributed by atoms with Crippen LogP contribution in [-0.4, -0.2) is 30.1 Å². The lowest BCUT2D eigenvalue weighted by Gasteiger charge is -2.06. The molecule has 130 valence electrons. The second-order valence-corrected chi connectivity index (χ2v) is 5.35. The first-order chi connectivity index (χ1) is 12.1. The fourth-order valence-corrected chi connectivity index (χ4v) is 2.20. The molecule has 0 amide bonds. The van der Waals surface area contributed by atoms with Crippen molar-refractivity contribution < 1.29 is 18.6 Å². The van der Waals surface area contributed by atoms with Gasteiger partial charge in [0.2, 0.25) is 0 Å². The van der Waals surface area contributed by atoms with Crippen LogP contribution < -0.4 is 4.74 Å². The second kappa shape index (κ2) is 7.49. The Morgan fingerprint density at radius 1 is 1.24 bits per heavy atom. The maximum atomic E-state index is 12.9. The Labute approximate surface area is 145 Å². The van der Waals surface area contributed by atoms with Crippen molar-refractivity contribution in [2.45, 2.75) is 19.6 Å². The van der Waals surface area contributed by atoms with Gasteiger partial charge in [0, 0.05) is 16.8 Å². The highest BCUT2D eigenvalue weighted by Gasteiger charge is 2.14. The standard InChI is InChI=1S/C15H12ClF2N5O2/c16-13-2-1-11(5-12(13)14(17)18)23-6-10(21-22-23)8-25-15-19-4-3-9(7-24)20-15/h1-6,14,24H,7-8H2. The summed E-state index contributed by atoms with van der Waals surface area (Å²) in [7, 11) is 0. The summed E-state index contributed by atoms with van der Waals surface area (Å²) in [6.07, 6.45) is 0.313. The van der Waals surface area contributed by atoms with Gasteiger partial charge in [0.05, 0.1) is 24.2 Å². The first-order valence-electron chi connectivity index (χ1n) is 7.11. The van der Waals surface area contributed by atoms with Crippen molar-refractivity contribution in [2.75, 3.05) is 0 Å². The minimum Gasteiger partial charge on any atom is -0.457 e. The number of aliphatic hydroxyl groups is 1. The molecule has 3 rings (SSSR count). The van der Waals surface area contributed by atoms with Crippen LogP contribution in [0.25, 0.3) is 5.69 Å². The largest absolute Gasteiger partial charge is 0.457 e. The van der Waals surface area contributed by atoms with Crippen LogP contribution in [0.1, 0.15) is 23.4 Å². The van der Waals surface area contributed by atoms with Gasteiger partial charge in [-0.15, -0.1) is 5.10 Å². The zero-order valence-corrected chi connectivity index (χ0v) is 13.4. The molecule has 0 aliphatic carbocycles. The normalized spacial score (nSPS) is 11.1. The number of aliphatic hydroxyl groups excluding tert-OH is 1. The lowest BCUT2D eigenvalue weighted by atomic mass is 10.2. The SMILES string of the molecule is OCc1ccnc(OCc2cn(-c3ccc(Cl)c(C(F)F)c3)nn2)n1. The zero-order chi connectivity index (χ0) is 17.8. The summed E-state index contributed by atoms with van der Waals surface area (Å²) in [5.41, 5.74) is 1.000. The van der Waals surface area contributed by atoms with Crippen LogP contribution in [0.15, 0.2) is 36.7 Å². The van der Waals surface area contributed by atoms with Crippen LogP contribution in [0.2, 0.25) is 5.02 Å². The minimum atomic E-state index is -2.69. The number of halogens is 3. The molecule has 25 heavy (non-hydrogen) atoms. The molecule has 0 saturated heterocycles. The summed E-state index contributed by atoms with van der Waals surface area (Å²) in [5, 5.41) is 16.8. The monoisotopic (exact) mass is 367 g/mol. The Morgan fingerprint density at radius 2 is 2.08 bits per heavy atom. The predicted octanol–water partition coefficient (Wildman–Crippen LogP) is 2.72. The first kappa shape index (κ1) is 17.2. The van der Waals surface area contributed by atoms with E-state index in [9.17, 15) is 8.78 Å². The van der Waals surface area contributed by atoms with Gasteiger partial charge in [-0.25, -0.2) is 18.4 Å². The summed E-state index contributed by atoms with van der Waals surface area (Å²) >= 11 is 5.75. The van der Waals surface area contributed by atoms with Crippen molar-refractivity contribution in [3.8, 4) is 11.7 Å². The molecule has 0 spiro atoms. The first-order valence-corrected chi connectivity index (χ1v) is 7.49. The number of nitrogens with zero attached hydrogens (tertiary/aromatic N) is 5. The molecule has 0 saturated carbocycles. The highest BCUT2D eigenvalue weighted by atomic mass is 35.5. The highest BCUT2D eigenvalue weighted by molar-refractivity contribution is 6.31. The van der Waals surface area contributed by atoms with Gasteiger partial charge in [0.15, 0.2) is 0 Å². The van der Waals surface area contributed by atoms with Crippen molar-refractivity contribution >= 4 is 11.6 Å². The summed E-state index contributed by atoms with van der Waals surface area (Å²) in [4.78, 5) is 7.89. The Morgan fingerprint density at radius 3 is 2.84 bits per heavy atom.